The quantitative estimate of drug-likeness (QED) is 0.779. The van der Waals surface area contributed by atoms with E-state index in [4.69, 9.17) is 14.2 Å². The second kappa shape index (κ2) is 8.32. The smallest absolute Gasteiger partial charge is 0.142 e. The molecule has 0 fully saturated rings. The summed E-state index contributed by atoms with van der Waals surface area (Å²) >= 11 is 0. The summed E-state index contributed by atoms with van der Waals surface area (Å²) in [6, 6.07) is 13.8. The molecule has 124 valence electrons. The first-order valence-corrected chi connectivity index (χ1v) is 7.87. The Hall–Kier alpha value is -2.36. The third-order valence-electron chi connectivity index (χ3n) is 3.73. The Balaban J connectivity index is 2.00. The molecular weight excluding hydrogens is 290 g/mol. The molecule has 4 heteroatoms. The maximum atomic E-state index is 5.79. The molecule has 0 aliphatic heterocycles. The minimum atomic E-state index is 0.236. The van der Waals surface area contributed by atoms with Crippen LogP contribution in [0.4, 0.5) is 5.69 Å². The van der Waals surface area contributed by atoms with Crippen LogP contribution in [-0.4, -0.2) is 20.3 Å². The van der Waals surface area contributed by atoms with E-state index in [-0.39, 0.29) is 6.10 Å². The predicted octanol–water partition coefficient (Wildman–Crippen LogP) is 4.49. The van der Waals surface area contributed by atoms with Gasteiger partial charge in [0.1, 0.15) is 17.2 Å². The Morgan fingerprint density at radius 2 is 1.65 bits per heavy atom. The van der Waals surface area contributed by atoms with Gasteiger partial charge in [-0.3, -0.25) is 0 Å². The highest BCUT2D eigenvalue weighted by atomic mass is 16.5. The van der Waals surface area contributed by atoms with Crippen molar-refractivity contribution in [3.8, 4) is 17.2 Å². The Bertz CT molecular complexity index is 611. The van der Waals surface area contributed by atoms with Crippen molar-refractivity contribution in [2.75, 3.05) is 19.5 Å². The Kier molecular flexibility index (Phi) is 6.15. The summed E-state index contributed by atoms with van der Waals surface area (Å²) in [7, 11) is 3.32. The molecule has 2 aromatic carbocycles. The van der Waals surface area contributed by atoms with Gasteiger partial charge in [0.25, 0.3) is 0 Å². The average molecular weight is 315 g/mol. The van der Waals surface area contributed by atoms with Gasteiger partial charge in [0.05, 0.1) is 26.0 Å². The third kappa shape index (κ3) is 4.81. The monoisotopic (exact) mass is 315 g/mol. The van der Waals surface area contributed by atoms with Gasteiger partial charge in [-0.2, -0.15) is 0 Å². The summed E-state index contributed by atoms with van der Waals surface area (Å²) in [6.07, 6.45) is 1.24. The molecule has 2 rings (SSSR count). The van der Waals surface area contributed by atoms with Gasteiger partial charge in [0, 0.05) is 12.6 Å². The minimum absolute atomic E-state index is 0.236. The van der Waals surface area contributed by atoms with Crippen molar-refractivity contribution in [1.82, 2.24) is 0 Å². The largest absolute Gasteiger partial charge is 0.497 e. The summed E-state index contributed by atoms with van der Waals surface area (Å²) in [4.78, 5) is 0. The molecule has 0 saturated carbocycles. The van der Waals surface area contributed by atoms with E-state index in [1.54, 1.807) is 14.2 Å². The minimum Gasteiger partial charge on any atom is -0.497 e. The molecule has 1 unspecified atom stereocenters. The molecule has 1 atom stereocenters. The Morgan fingerprint density at radius 3 is 2.26 bits per heavy atom. The van der Waals surface area contributed by atoms with Crippen LogP contribution in [0.1, 0.15) is 25.8 Å². The van der Waals surface area contributed by atoms with Gasteiger partial charge in [-0.25, -0.2) is 0 Å². The standard InChI is InChI=1S/C19H25NO3/c1-5-14(2)23-16-8-6-15(7-9-16)13-20-18-12-17(21-3)10-11-19(18)22-4/h6-12,14,20H,5,13H2,1-4H3. The molecule has 0 amide bonds. The van der Waals surface area contributed by atoms with Gasteiger partial charge in [-0.05, 0) is 43.2 Å². The second-order valence-electron chi connectivity index (χ2n) is 5.40. The summed E-state index contributed by atoms with van der Waals surface area (Å²) in [6.45, 7) is 4.89. The fraction of sp³-hybridized carbons (Fsp3) is 0.368. The average Bonchev–Trinajstić information content (AvgIpc) is 2.60. The van der Waals surface area contributed by atoms with Gasteiger partial charge in [-0.1, -0.05) is 19.1 Å². The zero-order valence-electron chi connectivity index (χ0n) is 14.3. The van der Waals surface area contributed by atoms with E-state index in [1.807, 2.05) is 30.3 Å². The van der Waals surface area contributed by atoms with Crippen LogP contribution in [0, 0.1) is 0 Å². The van der Waals surface area contributed by atoms with Crippen molar-refractivity contribution in [2.24, 2.45) is 0 Å². The number of nitrogens with one attached hydrogen (secondary N) is 1. The molecule has 0 aromatic heterocycles. The van der Waals surface area contributed by atoms with Crippen molar-refractivity contribution in [2.45, 2.75) is 32.9 Å². The van der Waals surface area contributed by atoms with Crippen LogP contribution < -0.4 is 19.5 Å². The van der Waals surface area contributed by atoms with E-state index in [1.165, 1.54) is 5.56 Å². The van der Waals surface area contributed by atoms with Gasteiger partial charge < -0.3 is 19.5 Å². The molecule has 0 aliphatic rings. The molecule has 4 nitrogen and oxygen atoms in total. The number of hydrogen-bond donors (Lipinski definition) is 1. The van der Waals surface area contributed by atoms with Crippen molar-refractivity contribution < 1.29 is 14.2 Å². The predicted molar refractivity (Wildman–Crippen MR) is 93.7 cm³/mol. The van der Waals surface area contributed by atoms with Crippen LogP contribution in [0.5, 0.6) is 17.2 Å². The molecule has 0 spiro atoms. The highest BCUT2D eigenvalue weighted by Crippen LogP contribution is 2.29. The van der Waals surface area contributed by atoms with Crippen molar-refractivity contribution in [3.63, 3.8) is 0 Å². The molecular formula is C19H25NO3. The molecule has 0 bridgehead atoms. The highest BCUT2D eigenvalue weighted by molar-refractivity contribution is 5.60. The molecule has 0 heterocycles. The molecule has 0 aliphatic carbocycles. The Morgan fingerprint density at radius 1 is 0.957 bits per heavy atom. The lowest BCUT2D eigenvalue weighted by Crippen LogP contribution is -2.09. The highest BCUT2D eigenvalue weighted by Gasteiger charge is 2.05. The van der Waals surface area contributed by atoms with Crippen LogP contribution in [0.25, 0.3) is 0 Å². The lowest BCUT2D eigenvalue weighted by atomic mass is 10.2. The molecule has 23 heavy (non-hydrogen) atoms. The first-order chi connectivity index (χ1) is 11.2. The first-order valence-electron chi connectivity index (χ1n) is 7.87. The van der Waals surface area contributed by atoms with Crippen LogP contribution in [0.15, 0.2) is 42.5 Å². The van der Waals surface area contributed by atoms with Gasteiger partial charge in [0.15, 0.2) is 0 Å². The van der Waals surface area contributed by atoms with Crippen LogP contribution in [0.2, 0.25) is 0 Å². The van der Waals surface area contributed by atoms with Crippen LogP contribution in [0.3, 0.4) is 0 Å². The third-order valence-corrected chi connectivity index (χ3v) is 3.73. The summed E-state index contributed by atoms with van der Waals surface area (Å²) in [5, 5.41) is 3.38. The number of anilines is 1. The van der Waals surface area contributed by atoms with Crippen LogP contribution >= 0.6 is 0 Å². The van der Waals surface area contributed by atoms with Gasteiger partial charge >= 0.3 is 0 Å². The lowest BCUT2D eigenvalue weighted by Gasteiger charge is -2.14. The van der Waals surface area contributed by atoms with E-state index in [2.05, 4.69) is 31.3 Å². The molecule has 0 radical (unpaired) electrons. The zero-order valence-corrected chi connectivity index (χ0v) is 14.3. The van der Waals surface area contributed by atoms with E-state index >= 15 is 0 Å². The van der Waals surface area contributed by atoms with Crippen molar-refractivity contribution >= 4 is 5.69 Å². The Labute approximate surface area is 138 Å². The molecule has 1 N–H and O–H groups in total. The number of hydrogen-bond acceptors (Lipinski definition) is 4. The van der Waals surface area contributed by atoms with Crippen molar-refractivity contribution in [3.05, 3.63) is 48.0 Å². The van der Waals surface area contributed by atoms with Crippen LogP contribution in [-0.2, 0) is 6.54 Å². The van der Waals surface area contributed by atoms with E-state index in [0.29, 0.717) is 6.54 Å². The molecule has 0 saturated heterocycles. The van der Waals surface area contributed by atoms with E-state index in [9.17, 15) is 0 Å². The fourth-order valence-corrected chi connectivity index (χ4v) is 2.15. The fourth-order valence-electron chi connectivity index (χ4n) is 2.15. The van der Waals surface area contributed by atoms with E-state index in [0.717, 1.165) is 29.4 Å². The number of ether oxygens (including phenoxy) is 3. The topological polar surface area (TPSA) is 39.7 Å². The normalized spacial score (nSPS) is 11.7. The summed E-state index contributed by atoms with van der Waals surface area (Å²) in [5.74, 6) is 2.50. The van der Waals surface area contributed by atoms with Gasteiger partial charge in [0.2, 0.25) is 0 Å². The maximum absolute atomic E-state index is 5.79. The van der Waals surface area contributed by atoms with Gasteiger partial charge in [-0.15, -0.1) is 0 Å². The zero-order chi connectivity index (χ0) is 16.7. The maximum Gasteiger partial charge on any atom is 0.142 e. The number of rotatable bonds is 8. The van der Waals surface area contributed by atoms with Crippen molar-refractivity contribution in [1.29, 1.82) is 0 Å². The molecule has 2 aromatic rings. The second-order valence-corrected chi connectivity index (χ2v) is 5.40. The number of benzene rings is 2. The SMILES string of the molecule is CCC(C)Oc1ccc(CNc2cc(OC)ccc2OC)cc1. The van der Waals surface area contributed by atoms with E-state index < -0.39 is 0 Å². The summed E-state index contributed by atoms with van der Waals surface area (Å²) < 4.78 is 16.4. The lowest BCUT2D eigenvalue weighted by molar-refractivity contribution is 0.217. The number of methoxy groups -OCH3 is 2. The summed E-state index contributed by atoms with van der Waals surface area (Å²) in [5.41, 5.74) is 2.08. The first kappa shape index (κ1) is 17.0.